The van der Waals surface area contributed by atoms with Crippen LogP contribution in [0, 0.1) is 0 Å². The SMILES string of the molecule is C1=CC2Oc3cc(-c4ccc(-c5ccccc5)cc4)ccc3C2C(c2nc(-c3ccc(-c4ccccc4)cc3)nc(-c3ccc(-c4ccccc4)cc3)n2)=C1. The van der Waals surface area contributed by atoms with Crippen LogP contribution in [0.3, 0.4) is 0 Å². The third kappa shape index (κ3) is 6.34. The number of rotatable bonds is 7. The van der Waals surface area contributed by atoms with E-state index in [1.807, 2.05) is 18.2 Å². The van der Waals surface area contributed by atoms with Gasteiger partial charge in [0.25, 0.3) is 0 Å². The average molecular weight is 706 g/mol. The summed E-state index contributed by atoms with van der Waals surface area (Å²) in [4.78, 5) is 15.4. The lowest BCUT2D eigenvalue weighted by Crippen LogP contribution is -2.20. The molecular weight excluding hydrogens is 671 g/mol. The molecule has 0 N–H and O–H groups in total. The molecule has 2 unspecified atom stereocenters. The summed E-state index contributed by atoms with van der Waals surface area (Å²) in [6.45, 7) is 0. The van der Waals surface area contributed by atoms with Gasteiger partial charge in [-0.25, -0.2) is 15.0 Å². The molecule has 0 radical (unpaired) electrons. The van der Waals surface area contributed by atoms with Gasteiger partial charge in [0.1, 0.15) is 11.9 Å². The summed E-state index contributed by atoms with van der Waals surface area (Å²) < 4.78 is 6.66. The molecule has 2 atom stereocenters. The quantitative estimate of drug-likeness (QED) is 0.166. The van der Waals surface area contributed by atoms with Gasteiger partial charge < -0.3 is 4.74 Å². The van der Waals surface area contributed by atoms with Gasteiger partial charge in [-0.1, -0.05) is 188 Å². The summed E-state index contributed by atoms with van der Waals surface area (Å²) in [5.41, 5.74) is 13.3. The van der Waals surface area contributed by atoms with Crippen molar-refractivity contribution in [3.8, 4) is 73.0 Å². The molecule has 0 fully saturated rings. The number of hydrogen-bond donors (Lipinski definition) is 0. The highest BCUT2D eigenvalue weighted by molar-refractivity contribution is 5.79. The van der Waals surface area contributed by atoms with Gasteiger partial charge >= 0.3 is 0 Å². The minimum Gasteiger partial charge on any atom is -0.485 e. The van der Waals surface area contributed by atoms with Gasteiger partial charge in [0.15, 0.2) is 17.5 Å². The molecule has 2 heterocycles. The third-order valence-electron chi connectivity index (χ3n) is 10.6. The Bertz CT molecular complexity index is 2590. The van der Waals surface area contributed by atoms with Crippen molar-refractivity contribution in [3.05, 3.63) is 212 Å². The Morgan fingerprint density at radius 3 is 1.22 bits per heavy atom. The minimum atomic E-state index is -0.162. The van der Waals surface area contributed by atoms with Gasteiger partial charge in [-0.15, -0.1) is 0 Å². The van der Waals surface area contributed by atoms with Crippen LogP contribution < -0.4 is 4.74 Å². The molecule has 2 aliphatic rings. The number of fused-ring (bicyclic) bond motifs is 3. The second-order valence-corrected chi connectivity index (χ2v) is 14.0. The molecule has 4 heteroatoms. The Labute approximate surface area is 320 Å². The largest absolute Gasteiger partial charge is 0.485 e. The molecule has 1 aliphatic heterocycles. The van der Waals surface area contributed by atoms with Crippen molar-refractivity contribution >= 4 is 5.57 Å². The molecule has 260 valence electrons. The van der Waals surface area contributed by atoms with E-state index in [4.69, 9.17) is 19.7 Å². The predicted molar refractivity (Wildman–Crippen MR) is 223 cm³/mol. The molecule has 4 nitrogen and oxygen atoms in total. The first-order valence-electron chi connectivity index (χ1n) is 18.7. The zero-order chi connectivity index (χ0) is 36.6. The average Bonchev–Trinajstić information content (AvgIpc) is 3.66. The molecular formula is C51H35N3O. The van der Waals surface area contributed by atoms with Crippen molar-refractivity contribution in [2.75, 3.05) is 0 Å². The van der Waals surface area contributed by atoms with E-state index < -0.39 is 0 Å². The van der Waals surface area contributed by atoms with E-state index in [0.29, 0.717) is 17.5 Å². The predicted octanol–water partition coefficient (Wildman–Crippen LogP) is 12.4. The molecule has 8 aromatic rings. The fourth-order valence-corrected chi connectivity index (χ4v) is 7.68. The maximum Gasteiger partial charge on any atom is 0.164 e. The zero-order valence-electron chi connectivity index (χ0n) is 30.0. The molecule has 0 bridgehead atoms. The van der Waals surface area contributed by atoms with Crippen molar-refractivity contribution in [2.24, 2.45) is 0 Å². The van der Waals surface area contributed by atoms with Crippen LogP contribution in [0.1, 0.15) is 17.3 Å². The molecule has 7 aromatic carbocycles. The van der Waals surface area contributed by atoms with Gasteiger partial charge in [-0.3, -0.25) is 0 Å². The van der Waals surface area contributed by atoms with E-state index in [1.165, 1.54) is 22.3 Å². The monoisotopic (exact) mass is 705 g/mol. The Morgan fingerprint density at radius 2 is 0.745 bits per heavy atom. The normalized spacial score (nSPS) is 15.5. The number of aromatic nitrogens is 3. The molecule has 55 heavy (non-hydrogen) atoms. The van der Waals surface area contributed by atoms with Crippen molar-refractivity contribution < 1.29 is 4.74 Å². The van der Waals surface area contributed by atoms with Crippen molar-refractivity contribution in [3.63, 3.8) is 0 Å². The highest BCUT2D eigenvalue weighted by Gasteiger charge is 2.38. The smallest absolute Gasteiger partial charge is 0.164 e. The first-order valence-corrected chi connectivity index (χ1v) is 18.7. The number of nitrogens with zero attached hydrogens (tertiary/aromatic N) is 3. The van der Waals surface area contributed by atoms with Crippen LogP contribution in [0.5, 0.6) is 5.75 Å². The highest BCUT2D eigenvalue weighted by Crippen LogP contribution is 2.49. The van der Waals surface area contributed by atoms with Gasteiger partial charge in [0, 0.05) is 22.3 Å². The van der Waals surface area contributed by atoms with Crippen LogP contribution in [0.4, 0.5) is 0 Å². The topological polar surface area (TPSA) is 47.9 Å². The maximum absolute atomic E-state index is 6.66. The molecule has 0 spiro atoms. The van der Waals surface area contributed by atoms with Crippen LogP contribution in [0.15, 0.2) is 200 Å². The van der Waals surface area contributed by atoms with E-state index in [1.54, 1.807) is 0 Å². The van der Waals surface area contributed by atoms with Crippen LogP contribution in [0.2, 0.25) is 0 Å². The lowest BCUT2D eigenvalue weighted by Gasteiger charge is -2.22. The maximum atomic E-state index is 6.66. The van der Waals surface area contributed by atoms with Crippen molar-refractivity contribution in [1.82, 2.24) is 15.0 Å². The van der Waals surface area contributed by atoms with E-state index in [-0.39, 0.29) is 12.0 Å². The Balaban J connectivity index is 1.02. The van der Waals surface area contributed by atoms with Crippen LogP contribution in [-0.2, 0) is 0 Å². The van der Waals surface area contributed by atoms with E-state index in [2.05, 4.69) is 182 Å². The van der Waals surface area contributed by atoms with Crippen molar-refractivity contribution in [2.45, 2.75) is 12.0 Å². The fraction of sp³-hybridized carbons (Fsp3) is 0.0392. The number of allylic oxidation sites excluding steroid dienone is 2. The summed E-state index contributed by atoms with van der Waals surface area (Å²) in [7, 11) is 0. The van der Waals surface area contributed by atoms with Gasteiger partial charge in [-0.05, 0) is 56.6 Å². The standard InChI is InChI=1S/C51H35N3O/c1-4-11-34(12-5-1)37-19-21-40(22-20-37)43-31-32-44-47(33-43)55-46-18-10-17-45(48(44)46)51-53-49(41-27-23-38(24-28-41)35-13-6-2-7-14-35)52-50(54-51)42-29-25-39(26-30-42)36-15-8-3-9-16-36/h1-33,46,48H. The first kappa shape index (κ1) is 32.5. The van der Waals surface area contributed by atoms with Gasteiger partial charge in [0.2, 0.25) is 0 Å². The summed E-state index contributed by atoms with van der Waals surface area (Å²) in [6, 6.07) is 63.5. The summed E-state index contributed by atoms with van der Waals surface area (Å²) in [5, 5.41) is 0. The zero-order valence-corrected chi connectivity index (χ0v) is 30.0. The van der Waals surface area contributed by atoms with E-state index in [0.717, 1.165) is 50.3 Å². The number of benzene rings is 7. The van der Waals surface area contributed by atoms with E-state index >= 15 is 0 Å². The first-order chi connectivity index (χ1) is 27.2. The Kier molecular flexibility index (Phi) is 8.27. The fourth-order valence-electron chi connectivity index (χ4n) is 7.68. The number of ether oxygens (including phenoxy) is 1. The molecule has 0 saturated carbocycles. The van der Waals surface area contributed by atoms with Crippen LogP contribution in [-0.4, -0.2) is 21.1 Å². The molecule has 0 saturated heterocycles. The Hall–Kier alpha value is -7.17. The highest BCUT2D eigenvalue weighted by atomic mass is 16.5. The van der Waals surface area contributed by atoms with Crippen molar-refractivity contribution in [1.29, 1.82) is 0 Å². The van der Waals surface area contributed by atoms with E-state index in [9.17, 15) is 0 Å². The Morgan fingerprint density at radius 1 is 0.364 bits per heavy atom. The van der Waals surface area contributed by atoms with Gasteiger partial charge in [-0.2, -0.15) is 0 Å². The second kappa shape index (κ2) is 14.0. The molecule has 1 aromatic heterocycles. The van der Waals surface area contributed by atoms with Crippen LogP contribution in [0.25, 0.3) is 72.9 Å². The number of hydrogen-bond acceptors (Lipinski definition) is 4. The van der Waals surface area contributed by atoms with Gasteiger partial charge in [0.05, 0.1) is 5.92 Å². The molecule has 10 rings (SSSR count). The summed E-state index contributed by atoms with van der Waals surface area (Å²) in [6.07, 6.45) is 6.17. The lowest BCUT2D eigenvalue weighted by atomic mass is 9.83. The third-order valence-corrected chi connectivity index (χ3v) is 10.6. The van der Waals surface area contributed by atoms with Crippen LogP contribution >= 0.6 is 0 Å². The summed E-state index contributed by atoms with van der Waals surface area (Å²) in [5.74, 6) is 2.74. The molecule has 1 aliphatic carbocycles. The minimum absolute atomic E-state index is 0.0569. The molecule has 0 amide bonds. The lowest BCUT2D eigenvalue weighted by molar-refractivity contribution is 0.271. The second-order valence-electron chi connectivity index (χ2n) is 14.0. The summed E-state index contributed by atoms with van der Waals surface area (Å²) >= 11 is 0.